The fourth-order valence-electron chi connectivity index (χ4n) is 4.90. The van der Waals surface area contributed by atoms with Crippen molar-refractivity contribution in [3.8, 4) is 11.5 Å². The lowest BCUT2D eigenvalue weighted by Crippen LogP contribution is -2.47. The summed E-state index contributed by atoms with van der Waals surface area (Å²) >= 11 is 1.48. The summed E-state index contributed by atoms with van der Waals surface area (Å²) in [5.74, 6) is 0.110. The summed E-state index contributed by atoms with van der Waals surface area (Å²) in [7, 11) is 0. The molecule has 36 heavy (non-hydrogen) atoms. The minimum absolute atomic E-state index is 0.0281. The van der Waals surface area contributed by atoms with Crippen molar-refractivity contribution in [1.82, 2.24) is 10.2 Å². The predicted octanol–water partition coefficient (Wildman–Crippen LogP) is 5.38. The van der Waals surface area contributed by atoms with E-state index in [0.29, 0.717) is 11.5 Å². The van der Waals surface area contributed by atoms with Crippen molar-refractivity contribution < 1.29 is 23.5 Å². The third-order valence-corrected chi connectivity index (χ3v) is 7.60. The van der Waals surface area contributed by atoms with E-state index in [2.05, 4.69) is 5.32 Å². The number of carbonyl (C=O) groups excluding carboxylic acids is 2. The molecule has 1 aromatic heterocycles. The van der Waals surface area contributed by atoms with Gasteiger partial charge in [-0.25, -0.2) is 4.39 Å². The molecule has 1 N–H and O–H groups in total. The van der Waals surface area contributed by atoms with Crippen LogP contribution in [-0.4, -0.2) is 29.5 Å². The van der Waals surface area contributed by atoms with Gasteiger partial charge < -0.3 is 19.7 Å². The van der Waals surface area contributed by atoms with Crippen molar-refractivity contribution in [3.63, 3.8) is 0 Å². The first-order valence-electron chi connectivity index (χ1n) is 12.3. The smallest absolute Gasteiger partial charge is 0.247 e. The standard InChI is InChI=1S/C28H29FN2O4S/c29-23-11-5-4-10-22(23)27(28(33)30-20-7-2-1-3-8-20)31(26(32)16-21-9-6-14-36-21)17-19-12-13-24-25(15-19)35-18-34-24/h4-6,9-15,20,27H,1-3,7-8,16-18H2,(H,30,33). The summed E-state index contributed by atoms with van der Waals surface area (Å²) in [4.78, 5) is 29.9. The monoisotopic (exact) mass is 508 g/mol. The molecule has 1 fully saturated rings. The van der Waals surface area contributed by atoms with Gasteiger partial charge in [0.05, 0.1) is 6.42 Å². The molecule has 5 rings (SSSR count). The van der Waals surface area contributed by atoms with Gasteiger partial charge >= 0.3 is 0 Å². The molecular weight excluding hydrogens is 479 g/mol. The number of hydrogen-bond acceptors (Lipinski definition) is 5. The van der Waals surface area contributed by atoms with Gasteiger partial charge in [0.1, 0.15) is 11.9 Å². The van der Waals surface area contributed by atoms with Crippen molar-refractivity contribution in [3.05, 3.63) is 81.8 Å². The van der Waals surface area contributed by atoms with Gasteiger partial charge in [0.25, 0.3) is 0 Å². The van der Waals surface area contributed by atoms with Crippen LogP contribution in [0.3, 0.4) is 0 Å². The highest BCUT2D eigenvalue weighted by atomic mass is 32.1. The second-order valence-corrected chi connectivity index (χ2v) is 10.3. The lowest BCUT2D eigenvalue weighted by molar-refractivity contribution is -0.141. The maximum absolute atomic E-state index is 15.1. The highest BCUT2D eigenvalue weighted by Gasteiger charge is 2.35. The zero-order valence-electron chi connectivity index (χ0n) is 20.0. The van der Waals surface area contributed by atoms with E-state index in [1.807, 2.05) is 29.6 Å². The van der Waals surface area contributed by atoms with Gasteiger partial charge in [0.2, 0.25) is 18.6 Å². The van der Waals surface area contributed by atoms with Crippen LogP contribution in [0.5, 0.6) is 11.5 Å². The number of halogens is 1. The Balaban J connectivity index is 1.50. The minimum Gasteiger partial charge on any atom is -0.454 e. The van der Waals surface area contributed by atoms with Crippen LogP contribution in [0.15, 0.2) is 60.0 Å². The SMILES string of the molecule is O=C(NC1CCCCC1)C(c1ccccc1F)N(Cc1ccc2c(c1)OCO2)C(=O)Cc1cccs1. The number of benzene rings is 2. The molecule has 2 aliphatic rings. The van der Waals surface area contributed by atoms with Crippen molar-refractivity contribution in [2.45, 2.75) is 57.2 Å². The highest BCUT2D eigenvalue weighted by molar-refractivity contribution is 7.10. The first kappa shape index (κ1) is 24.3. The van der Waals surface area contributed by atoms with E-state index in [-0.39, 0.29) is 43.2 Å². The Morgan fingerprint density at radius 1 is 1.03 bits per heavy atom. The molecule has 0 saturated heterocycles. The van der Waals surface area contributed by atoms with Gasteiger partial charge in [0.15, 0.2) is 11.5 Å². The van der Waals surface area contributed by atoms with E-state index in [4.69, 9.17) is 9.47 Å². The number of amides is 2. The molecule has 0 spiro atoms. The number of thiophene rings is 1. The maximum atomic E-state index is 15.1. The third-order valence-electron chi connectivity index (χ3n) is 6.73. The van der Waals surface area contributed by atoms with Crippen LogP contribution in [0.4, 0.5) is 4.39 Å². The summed E-state index contributed by atoms with van der Waals surface area (Å²) in [5, 5.41) is 5.04. The molecule has 1 atom stereocenters. The van der Waals surface area contributed by atoms with Crippen molar-refractivity contribution in [1.29, 1.82) is 0 Å². The number of nitrogens with zero attached hydrogens (tertiary/aromatic N) is 1. The molecule has 0 radical (unpaired) electrons. The molecule has 0 bridgehead atoms. The molecule has 1 saturated carbocycles. The molecule has 8 heteroatoms. The van der Waals surface area contributed by atoms with Crippen molar-refractivity contribution >= 4 is 23.2 Å². The average molecular weight is 509 g/mol. The Kier molecular flexibility index (Phi) is 7.51. The summed E-state index contributed by atoms with van der Waals surface area (Å²) in [6, 6.07) is 14.4. The first-order valence-corrected chi connectivity index (χ1v) is 13.2. The molecule has 1 unspecified atom stereocenters. The van der Waals surface area contributed by atoms with E-state index >= 15 is 4.39 Å². The number of rotatable bonds is 8. The normalized spacial score (nSPS) is 15.9. The zero-order valence-corrected chi connectivity index (χ0v) is 20.8. The van der Waals surface area contributed by atoms with Crippen LogP contribution in [0, 0.1) is 5.82 Å². The Hall–Kier alpha value is -3.39. The first-order chi connectivity index (χ1) is 17.6. The van der Waals surface area contributed by atoms with E-state index in [1.54, 1.807) is 24.3 Å². The van der Waals surface area contributed by atoms with Crippen LogP contribution < -0.4 is 14.8 Å². The van der Waals surface area contributed by atoms with Crippen LogP contribution in [0.25, 0.3) is 0 Å². The highest BCUT2D eigenvalue weighted by Crippen LogP contribution is 2.34. The number of ether oxygens (including phenoxy) is 2. The second-order valence-electron chi connectivity index (χ2n) is 9.23. The summed E-state index contributed by atoms with van der Waals surface area (Å²) < 4.78 is 26.1. The molecule has 2 aromatic carbocycles. The second kappa shape index (κ2) is 11.1. The Bertz CT molecular complexity index is 1210. The molecule has 2 heterocycles. The van der Waals surface area contributed by atoms with Gasteiger partial charge in [-0.3, -0.25) is 9.59 Å². The molecular formula is C28H29FN2O4S. The van der Waals surface area contributed by atoms with Crippen molar-refractivity contribution in [2.24, 2.45) is 0 Å². The fourth-order valence-corrected chi connectivity index (χ4v) is 5.59. The predicted molar refractivity (Wildman–Crippen MR) is 135 cm³/mol. The topological polar surface area (TPSA) is 67.9 Å². The minimum atomic E-state index is -1.11. The molecule has 2 amide bonds. The lowest BCUT2D eigenvalue weighted by atomic mass is 9.94. The average Bonchev–Trinajstić information content (AvgIpc) is 3.57. The van der Waals surface area contributed by atoms with Crippen LogP contribution >= 0.6 is 11.3 Å². The zero-order chi connectivity index (χ0) is 24.9. The lowest BCUT2D eigenvalue weighted by Gasteiger charge is -2.33. The number of nitrogens with one attached hydrogen (secondary N) is 1. The maximum Gasteiger partial charge on any atom is 0.247 e. The van der Waals surface area contributed by atoms with Gasteiger partial charge in [-0.05, 0) is 48.1 Å². The Morgan fingerprint density at radius 3 is 2.61 bits per heavy atom. The molecule has 1 aliphatic heterocycles. The summed E-state index contributed by atoms with van der Waals surface area (Å²) in [6.45, 7) is 0.263. The molecule has 1 aliphatic carbocycles. The Morgan fingerprint density at radius 2 is 1.83 bits per heavy atom. The molecule has 188 valence electrons. The van der Waals surface area contributed by atoms with Gasteiger partial charge in [0, 0.05) is 23.0 Å². The summed E-state index contributed by atoms with van der Waals surface area (Å²) in [6.07, 6.45) is 5.16. The van der Waals surface area contributed by atoms with Gasteiger partial charge in [-0.15, -0.1) is 11.3 Å². The van der Waals surface area contributed by atoms with Crippen LogP contribution in [0.2, 0.25) is 0 Å². The van der Waals surface area contributed by atoms with E-state index in [0.717, 1.165) is 42.5 Å². The number of hydrogen-bond donors (Lipinski definition) is 1. The number of fused-ring (bicyclic) bond motifs is 1. The van der Waals surface area contributed by atoms with E-state index < -0.39 is 11.9 Å². The van der Waals surface area contributed by atoms with Gasteiger partial charge in [-0.1, -0.05) is 49.6 Å². The fraction of sp³-hybridized carbons (Fsp3) is 0.357. The quantitative estimate of drug-likeness (QED) is 0.444. The third kappa shape index (κ3) is 5.54. The number of carbonyl (C=O) groups is 2. The van der Waals surface area contributed by atoms with Crippen molar-refractivity contribution in [2.75, 3.05) is 6.79 Å². The van der Waals surface area contributed by atoms with Crippen LogP contribution in [0.1, 0.15) is 54.1 Å². The van der Waals surface area contributed by atoms with E-state index in [1.165, 1.54) is 22.3 Å². The van der Waals surface area contributed by atoms with E-state index in [9.17, 15) is 9.59 Å². The molecule has 3 aromatic rings. The molecule has 6 nitrogen and oxygen atoms in total. The Labute approximate surface area is 214 Å². The van der Waals surface area contributed by atoms with Crippen LogP contribution in [-0.2, 0) is 22.6 Å². The largest absolute Gasteiger partial charge is 0.454 e. The van der Waals surface area contributed by atoms with Gasteiger partial charge in [-0.2, -0.15) is 0 Å². The summed E-state index contributed by atoms with van der Waals surface area (Å²) in [5.41, 5.74) is 0.955.